The monoisotopic (exact) mass is 395 g/mol. The van der Waals surface area contributed by atoms with Crippen LogP contribution in [0.15, 0.2) is 72.8 Å². The Morgan fingerprint density at radius 3 is 2.37 bits per heavy atom. The van der Waals surface area contributed by atoms with E-state index in [0.29, 0.717) is 19.6 Å². The van der Waals surface area contributed by atoms with Gasteiger partial charge >= 0.3 is 6.09 Å². The molecule has 3 aromatic rings. The maximum Gasteiger partial charge on any atom is 0.407 e. The van der Waals surface area contributed by atoms with Gasteiger partial charge in [0.15, 0.2) is 0 Å². The minimum Gasteiger partial charge on any atom is -0.449 e. The van der Waals surface area contributed by atoms with Crippen LogP contribution in [0, 0.1) is 11.8 Å². The van der Waals surface area contributed by atoms with Gasteiger partial charge in [-0.05, 0) is 46.4 Å². The summed E-state index contributed by atoms with van der Waals surface area (Å²) in [6.45, 7) is 2.93. The topological polar surface area (TPSA) is 38.3 Å². The van der Waals surface area contributed by atoms with Crippen molar-refractivity contribution in [2.75, 3.05) is 13.2 Å². The van der Waals surface area contributed by atoms with Crippen molar-refractivity contribution in [3.63, 3.8) is 0 Å². The number of hydrogen-bond donors (Lipinski definition) is 1. The van der Waals surface area contributed by atoms with Crippen LogP contribution in [-0.4, -0.2) is 19.2 Å². The van der Waals surface area contributed by atoms with E-state index in [0.717, 1.165) is 12.0 Å². The van der Waals surface area contributed by atoms with Crippen LogP contribution in [0.4, 0.5) is 4.79 Å². The molecule has 0 atom stereocenters. The van der Waals surface area contributed by atoms with Crippen molar-refractivity contribution in [3.05, 3.63) is 95.1 Å². The SMILES string of the molecule is CCc1cccc(C#CCCNC(=O)OCC2c3ccccc3-c3ccccc32)c1. The summed E-state index contributed by atoms with van der Waals surface area (Å²) >= 11 is 0. The summed E-state index contributed by atoms with van der Waals surface area (Å²) in [6, 6.07) is 24.9. The first kappa shape index (κ1) is 19.8. The molecule has 150 valence electrons. The molecule has 0 unspecified atom stereocenters. The summed E-state index contributed by atoms with van der Waals surface area (Å²) in [5.74, 6) is 6.34. The molecule has 1 N–H and O–H groups in total. The maximum absolute atomic E-state index is 12.2. The summed E-state index contributed by atoms with van der Waals surface area (Å²) in [4.78, 5) is 12.2. The van der Waals surface area contributed by atoms with Gasteiger partial charge < -0.3 is 10.1 Å². The van der Waals surface area contributed by atoms with E-state index in [1.165, 1.54) is 27.8 Å². The molecular formula is C27H25NO2. The number of nitrogens with one attached hydrogen (secondary N) is 1. The molecule has 0 bridgehead atoms. The van der Waals surface area contributed by atoms with Crippen LogP contribution in [0.5, 0.6) is 0 Å². The second-order valence-electron chi connectivity index (χ2n) is 7.36. The van der Waals surface area contributed by atoms with Crippen molar-refractivity contribution in [2.45, 2.75) is 25.7 Å². The third kappa shape index (κ3) is 4.39. The zero-order valence-electron chi connectivity index (χ0n) is 17.2. The van der Waals surface area contributed by atoms with Gasteiger partial charge in [0.2, 0.25) is 0 Å². The van der Waals surface area contributed by atoms with E-state index in [-0.39, 0.29) is 5.92 Å². The number of alkyl carbamates (subject to hydrolysis) is 1. The highest BCUT2D eigenvalue weighted by molar-refractivity contribution is 5.79. The van der Waals surface area contributed by atoms with Crippen LogP contribution in [0.3, 0.4) is 0 Å². The molecule has 0 spiro atoms. The molecule has 0 fully saturated rings. The van der Waals surface area contributed by atoms with E-state index >= 15 is 0 Å². The van der Waals surface area contributed by atoms with Crippen LogP contribution in [-0.2, 0) is 11.2 Å². The van der Waals surface area contributed by atoms with Crippen molar-refractivity contribution < 1.29 is 9.53 Å². The normalized spacial score (nSPS) is 11.8. The molecule has 0 heterocycles. The second kappa shape index (κ2) is 9.33. The van der Waals surface area contributed by atoms with E-state index in [1.807, 2.05) is 36.4 Å². The van der Waals surface area contributed by atoms with Gasteiger partial charge in [-0.15, -0.1) is 0 Å². The smallest absolute Gasteiger partial charge is 0.407 e. The molecule has 0 aliphatic heterocycles. The predicted molar refractivity (Wildman–Crippen MR) is 120 cm³/mol. The van der Waals surface area contributed by atoms with Crippen LogP contribution in [0.25, 0.3) is 11.1 Å². The summed E-state index contributed by atoms with van der Waals surface area (Å²) in [5, 5.41) is 2.80. The molecule has 0 radical (unpaired) electrons. The van der Waals surface area contributed by atoms with E-state index in [9.17, 15) is 4.79 Å². The highest BCUT2D eigenvalue weighted by Crippen LogP contribution is 2.44. The van der Waals surface area contributed by atoms with Gasteiger partial charge in [-0.25, -0.2) is 4.79 Å². The number of ether oxygens (including phenoxy) is 1. The number of rotatable bonds is 5. The van der Waals surface area contributed by atoms with E-state index < -0.39 is 6.09 Å². The van der Waals surface area contributed by atoms with Crippen molar-refractivity contribution in [3.8, 4) is 23.0 Å². The summed E-state index contributed by atoms with van der Waals surface area (Å²) in [6.07, 6.45) is 1.19. The molecule has 3 nitrogen and oxygen atoms in total. The molecule has 3 heteroatoms. The lowest BCUT2D eigenvalue weighted by molar-refractivity contribution is 0.143. The second-order valence-corrected chi connectivity index (χ2v) is 7.36. The largest absolute Gasteiger partial charge is 0.449 e. The van der Waals surface area contributed by atoms with Crippen LogP contribution >= 0.6 is 0 Å². The molecular weight excluding hydrogens is 370 g/mol. The third-order valence-corrected chi connectivity index (χ3v) is 5.43. The molecule has 0 saturated heterocycles. The number of benzene rings is 3. The van der Waals surface area contributed by atoms with E-state index in [2.05, 4.69) is 60.5 Å². The maximum atomic E-state index is 12.2. The molecule has 3 aromatic carbocycles. The highest BCUT2D eigenvalue weighted by Gasteiger charge is 2.28. The number of carbonyl (C=O) groups is 1. The van der Waals surface area contributed by atoms with Crippen molar-refractivity contribution in [2.24, 2.45) is 0 Å². The Labute approximate surface area is 178 Å². The lowest BCUT2D eigenvalue weighted by atomic mass is 9.98. The number of aryl methyl sites for hydroxylation is 1. The quantitative estimate of drug-likeness (QED) is 0.456. The molecule has 0 aromatic heterocycles. The Balaban J connectivity index is 1.28. The van der Waals surface area contributed by atoms with Gasteiger partial charge in [-0.3, -0.25) is 0 Å². The van der Waals surface area contributed by atoms with Gasteiger partial charge in [-0.2, -0.15) is 0 Å². The van der Waals surface area contributed by atoms with Crippen LogP contribution < -0.4 is 5.32 Å². The Hall–Kier alpha value is -3.51. The highest BCUT2D eigenvalue weighted by atomic mass is 16.5. The zero-order valence-corrected chi connectivity index (χ0v) is 17.2. The molecule has 0 saturated carbocycles. The molecule has 4 rings (SSSR count). The van der Waals surface area contributed by atoms with Crippen molar-refractivity contribution >= 4 is 6.09 Å². The third-order valence-electron chi connectivity index (χ3n) is 5.43. The summed E-state index contributed by atoms with van der Waals surface area (Å²) < 4.78 is 5.54. The Kier molecular flexibility index (Phi) is 6.15. The minimum atomic E-state index is -0.397. The van der Waals surface area contributed by atoms with E-state index in [1.54, 1.807) is 0 Å². The van der Waals surface area contributed by atoms with Gasteiger partial charge in [0.1, 0.15) is 6.61 Å². The van der Waals surface area contributed by atoms with Gasteiger partial charge in [0, 0.05) is 24.4 Å². The van der Waals surface area contributed by atoms with Gasteiger partial charge in [0.05, 0.1) is 0 Å². The molecule has 1 aliphatic carbocycles. The van der Waals surface area contributed by atoms with Crippen LogP contribution in [0.2, 0.25) is 0 Å². The number of carbonyl (C=O) groups excluding carboxylic acids is 1. The standard InChI is InChI=1S/C27H25NO2/c1-2-20-11-9-12-21(18-20)10-7-8-17-28-27(29)30-19-26-24-15-5-3-13-22(24)23-14-4-6-16-25(23)26/h3-6,9,11-16,18,26H,2,8,17,19H2,1H3,(H,28,29). The number of fused-ring (bicyclic) bond motifs is 3. The van der Waals surface area contributed by atoms with Crippen molar-refractivity contribution in [1.29, 1.82) is 0 Å². The minimum absolute atomic E-state index is 0.0776. The average Bonchev–Trinajstić information content (AvgIpc) is 3.11. The molecule has 30 heavy (non-hydrogen) atoms. The summed E-state index contributed by atoms with van der Waals surface area (Å²) in [5.41, 5.74) is 7.17. The van der Waals surface area contributed by atoms with E-state index in [4.69, 9.17) is 4.74 Å². The summed E-state index contributed by atoms with van der Waals surface area (Å²) in [7, 11) is 0. The Morgan fingerprint density at radius 2 is 1.67 bits per heavy atom. The Morgan fingerprint density at radius 1 is 0.967 bits per heavy atom. The fraction of sp³-hybridized carbons (Fsp3) is 0.222. The molecule has 1 amide bonds. The fourth-order valence-corrected chi connectivity index (χ4v) is 3.91. The van der Waals surface area contributed by atoms with Gasteiger partial charge in [0.25, 0.3) is 0 Å². The lowest BCUT2D eigenvalue weighted by Gasteiger charge is -2.14. The van der Waals surface area contributed by atoms with Gasteiger partial charge in [-0.1, -0.05) is 79.4 Å². The number of hydrogen-bond acceptors (Lipinski definition) is 2. The van der Waals surface area contributed by atoms with Crippen molar-refractivity contribution in [1.82, 2.24) is 5.32 Å². The Bertz CT molecular complexity index is 1060. The fourth-order valence-electron chi connectivity index (χ4n) is 3.91. The average molecular weight is 396 g/mol. The first-order chi connectivity index (χ1) is 14.8. The zero-order chi connectivity index (χ0) is 20.8. The number of amides is 1. The lowest BCUT2D eigenvalue weighted by Crippen LogP contribution is -2.26. The first-order valence-electron chi connectivity index (χ1n) is 10.4. The first-order valence-corrected chi connectivity index (χ1v) is 10.4. The van der Waals surface area contributed by atoms with Crippen LogP contribution in [0.1, 0.15) is 41.5 Å². The predicted octanol–water partition coefficient (Wildman–Crippen LogP) is 5.53. The molecule has 1 aliphatic rings.